The third-order valence-electron chi connectivity index (χ3n) is 2.50. The van der Waals surface area contributed by atoms with Gasteiger partial charge in [0.1, 0.15) is 11.5 Å². The minimum Gasteiger partial charge on any atom is -0.361 e. The summed E-state index contributed by atoms with van der Waals surface area (Å²) >= 11 is 1.54. The zero-order valence-corrected chi connectivity index (χ0v) is 10.2. The summed E-state index contributed by atoms with van der Waals surface area (Å²) in [5.74, 6) is 0.818. The molecule has 0 aliphatic rings. The SMILES string of the molecule is Cc1noc(C)c1Cc1nc(C=O)c(C)s1. The summed E-state index contributed by atoms with van der Waals surface area (Å²) in [6.07, 6.45) is 1.48. The maximum Gasteiger partial charge on any atom is 0.169 e. The summed E-state index contributed by atoms with van der Waals surface area (Å²) in [7, 11) is 0. The van der Waals surface area contributed by atoms with Gasteiger partial charge in [-0.2, -0.15) is 0 Å². The minimum atomic E-state index is 0.534. The zero-order valence-electron chi connectivity index (χ0n) is 9.40. The molecule has 0 amide bonds. The normalized spacial score (nSPS) is 10.7. The fourth-order valence-electron chi connectivity index (χ4n) is 1.56. The third-order valence-corrected chi connectivity index (χ3v) is 3.48. The number of rotatable bonds is 3. The highest BCUT2D eigenvalue weighted by Crippen LogP contribution is 2.22. The van der Waals surface area contributed by atoms with Gasteiger partial charge in [-0.15, -0.1) is 11.3 Å². The van der Waals surface area contributed by atoms with Crippen LogP contribution >= 0.6 is 11.3 Å². The van der Waals surface area contributed by atoms with E-state index in [9.17, 15) is 4.79 Å². The van der Waals surface area contributed by atoms with Crippen LogP contribution in [0.3, 0.4) is 0 Å². The van der Waals surface area contributed by atoms with Gasteiger partial charge in [0.2, 0.25) is 0 Å². The number of thiazole rings is 1. The van der Waals surface area contributed by atoms with Gasteiger partial charge in [-0.25, -0.2) is 4.98 Å². The molecule has 0 atom stereocenters. The van der Waals surface area contributed by atoms with Crippen LogP contribution in [0.25, 0.3) is 0 Å². The predicted octanol–water partition coefficient (Wildman–Crippen LogP) is 2.46. The van der Waals surface area contributed by atoms with Gasteiger partial charge in [-0.05, 0) is 20.8 Å². The number of hydrogen-bond donors (Lipinski definition) is 0. The van der Waals surface area contributed by atoms with Crippen molar-refractivity contribution < 1.29 is 9.32 Å². The first-order chi connectivity index (χ1) is 7.61. The predicted molar refractivity (Wildman–Crippen MR) is 61.0 cm³/mol. The number of nitrogens with zero attached hydrogens (tertiary/aromatic N) is 2. The molecule has 0 saturated heterocycles. The molecule has 84 valence electrons. The standard InChI is InChI=1S/C11H12N2O2S/c1-6-9(7(2)15-13-6)4-11-12-10(5-14)8(3)16-11/h5H,4H2,1-3H3. The molecule has 2 aromatic heterocycles. The lowest BCUT2D eigenvalue weighted by Crippen LogP contribution is -1.91. The monoisotopic (exact) mass is 236 g/mol. The van der Waals surface area contributed by atoms with Crippen molar-refractivity contribution in [2.24, 2.45) is 0 Å². The molecule has 5 heteroatoms. The van der Waals surface area contributed by atoms with E-state index >= 15 is 0 Å². The molecule has 0 radical (unpaired) electrons. The van der Waals surface area contributed by atoms with Crippen LogP contribution in [0.1, 0.15) is 37.4 Å². The van der Waals surface area contributed by atoms with Gasteiger partial charge in [-0.3, -0.25) is 4.79 Å². The molecule has 0 aliphatic heterocycles. The Kier molecular flexibility index (Phi) is 2.87. The average molecular weight is 236 g/mol. The van der Waals surface area contributed by atoms with Gasteiger partial charge in [-0.1, -0.05) is 5.16 Å². The van der Waals surface area contributed by atoms with Gasteiger partial charge in [0.05, 0.1) is 10.7 Å². The zero-order chi connectivity index (χ0) is 11.7. The van der Waals surface area contributed by atoms with Crippen molar-refractivity contribution in [3.8, 4) is 0 Å². The number of aromatic nitrogens is 2. The van der Waals surface area contributed by atoms with Gasteiger partial charge < -0.3 is 4.52 Å². The van der Waals surface area contributed by atoms with E-state index in [4.69, 9.17) is 4.52 Å². The summed E-state index contributed by atoms with van der Waals surface area (Å²) in [4.78, 5) is 15.9. The molecule has 0 aliphatic carbocycles. The highest BCUT2D eigenvalue weighted by atomic mass is 32.1. The van der Waals surface area contributed by atoms with Gasteiger partial charge in [0.25, 0.3) is 0 Å². The first-order valence-electron chi connectivity index (χ1n) is 4.95. The molecule has 2 heterocycles. The number of aldehydes is 1. The summed E-state index contributed by atoms with van der Waals surface area (Å²) in [6.45, 7) is 5.70. The van der Waals surface area contributed by atoms with Gasteiger partial charge >= 0.3 is 0 Å². The van der Waals surface area contributed by atoms with Crippen molar-refractivity contribution in [2.75, 3.05) is 0 Å². The van der Waals surface area contributed by atoms with Crippen molar-refractivity contribution in [3.63, 3.8) is 0 Å². The van der Waals surface area contributed by atoms with E-state index in [-0.39, 0.29) is 0 Å². The van der Waals surface area contributed by atoms with Gasteiger partial charge in [0.15, 0.2) is 6.29 Å². The molecule has 2 rings (SSSR count). The lowest BCUT2D eigenvalue weighted by Gasteiger charge is -1.94. The quantitative estimate of drug-likeness (QED) is 0.768. The lowest BCUT2D eigenvalue weighted by molar-refractivity contribution is 0.111. The van der Waals surface area contributed by atoms with Crippen LogP contribution in [-0.4, -0.2) is 16.4 Å². The molecule has 2 aromatic rings. The fourth-order valence-corrected chi connectivity index (χ4v) is 2.47. The number of hydrogen-bond acceptors (Lipinski definition) is 5. The lowest BCUT2D eigenvalue weighted by atomic mass is 10.1. The van der Waals surface area contributed by atoms with Crippen LogP contribution in [0.5, 0.6) is 0 Å². The molecule has 0 unspecified atom stereocenters. The number of aryl methyl sites for hydroxylation is 3. The van der Waals surface area contributed by atoms with E-state index in [1.165, 1.54) is 0 Å². The van der Waals surface area contributed by atoms with E-state index < -0.39 is 0 Å². The summed E-state index contributed by atoms with van der Waals surface area (Å²) in [5, 5.41) is 4.82. The van der Waals surface area contributed by atoms with Crippen molar-refractivity contribution >= 4 is 17.6 Å². The Labute approximate surface area is 97.3 Å². The van der Waals surface area contributed by atoms with E-state index in [1.807, 2.05) is 20.8 Å². The molecule has 4 nitrogen and oxygen atoms in total. The van der Waals surface area contributed by atoms with Crippen LogP contribution in [0.15, 0.2) is 4.52 Å². The molecule has 0 N–H and O–H groups in total. The van der Waals surface area contributed by atoms with Crippen molar-refractivity contribution in [3.05, 3.63) is 32.6 Å². The Morgan fingerprint density at radius 2 is 2.12 bits per heavy atom. The van der Waals surface area contributed by atoms with Crippen molar-refractivity contribution in [2.45, 2.75) is 27.2 Å². The van der Waals surface area contributed by atoms with E-state index in [0.717, 1.165) is 33.2 Å². The Balaban J connectivity index is 2.30. The molecule has 0 spiro atoms. The third kappa shape index (κ3) is 1.90. The Hall–Kier alpha value is -1.49. The van der Waals surface area contributed by atoms with Crippen molar-refractivity contribution in [1.29, 1.82) is 0 Å². The highest BCUT2D eigenvalue weighted by Gasteiger charge is 2.13. The number of carbonyl (C=O) groups is 1. The Bertz CT molecular complexity index is 509. The van der Waals surface area contributed by atoms with Crippen LogP contribution in [0, 0.1) is 20.8 Å². The smallest absolute Gasteiger partial charge is 0.169 e. The van der Waals surface area contributed by atoms with Crippen LogP contribution in [0.2, 0.25) is 0 Å². The molecular weight excluding hydrogens is 224 g/mol. The van der Waals surface area contributed by atoms with Gasteiger partial charge in [0, 0.05) is 16.9 Å². The van der Waals surface area contributed by atoms with Crippen LogP contribution < -0.4 is 0 Å². The fraction of sp³-hybridized carbons (Fsp3) is 0.364. The first-order valence-corrected chi connectivity index (χ1v) is 5.76. The van der Waals surface area contributed by atoms with Crippen LogP contribution in [0.4, 0.5) is 0 Å². The highest BCUT2D eigenvalue weighted by molar-refractivity contribution is 7.11. The largest absolute Gasteiger partial charge is 0.361 e. The van der Waals surface area contributed by atoms with E-state index in [0.29, 0.717) is 12.1 Å². The summed E-state index contributed by atoms with van der Waals surface area (Å²) in [5.41, 5.74) is 2.48. The summed E-state index contributed by atoms with van der Waals surface area (Å²) < 4.78 is 5.09. The molecule has 0 aromatic carbocycles. The number of carbonyl (C=O) groups excluding carboxylic acids is 1. The first kappa shape index (κ1) is 11.0. The van der Waals surface area contributed by atoms with Crippen LogP contribution in [-0.2, 0) is 6.42 Å². The molecule has 0 saturated carbocycles. The molecular formula is C11H12N2O2S. The Morgan fingerprint density at radius 3 is 2.62 bits per heavy atom. The van der Waals surface area contributed by atoms with E-state index in [1.54, 1.807) is 11.3 Å². The maximum atomic E-state index is 10.7. The Morgan fingerprint density at radius 1 is 1.38 bits per heavy atom. The van der Waals surface area contributed by atoms with E-state index in [2.05, 4.69) is 10.1 Å². The maximum absolute atomic E-state index is 10.7. The van der Waals surface area contributed by atoms with Crippen molar-refractivity contribution in [1.82, 2.24) is 10.1 Å². The summed E-state index contributed by atoms with van der Waals surface area (Å²) in [6, 6.07) is 0. The average Bonchev–Trinajstić information content (AvgIpc) is 2.76. The second kappa shape index (κ2) is 4.17. The minimum absolute atomic E-state index is 0.534. The topological polar surface area (TPSA) is 56.0 Å². The molecule has 16 heavy (non-hydrogen) atoms. The second-order valence-corrected chi connectivity index (χ2v) is 4.93. The molecule has 0 bridgehead atoms. The second-order valence-electron chi connectivity index (χ2n) is 3.65. The molecule has 0 fully saturated rings.